The van der Waals surface area contributed by atoms with Gasteiger partial charge in [-0.05, 0) is 17.6 Å². The van der Waals surface area contributed by atoms with Gasteiger partial charge in [0.25, 0.3) is 0 Å². The van der Waals surface area contributed by atoms with Crippen LogP contribution in [0.15, 0.2) is 36.9 Å². The normalized spacial score (nSPS) is 10.1. The van der Waals surface area contributed by atoms with Crippen molar-refractivity contribution in [3.63, 3.8) is 0 Å². The van der Waals surface area contributed by atoms with Crippen LogP contribution in [0, 0.1) is 0 Å². The fourth-order valence-electron chi connectivity index (χ4n) is 1.33. The Kier molecular flexibility index (Phi) is 3.02. The zero-order chi connectivity index (χ0) is 9.84. The van der Waals surface area contributed by atoms with E-state index in [-0.39, 0.29) is 5.78 Å². The van der Waals surface area contributed by atoms with Crippen LogP contribution < -0.4 is 0 Å². The van der Waals surface area contributed by atoms with Crippen LogP contribution >= 0.6 is 0 Å². The molecule has 1 heteroatoms. The largest absolute Gasteiger partial charge is 0.289 e. The Morgan fingerprint density at radius 1 is 1.38 bits per heavy atom. The lowest BCUT2D eigenvalue weighted by Crippen LogP contribution is -2.01. The van der Waals surface area contributed by atoms with Gasteiger partial charge in [-0.25, -0.2) is 0 Å². The van der Waals surface area contributed by atoms with Gasteiger partial charge in [0.05, 0.1) is 0 Å². The Bertz CT molecular complexity index is 324. The Hall–Kier alpha value is -1.37. The van der Waals surface area contributed by atoms with E-state index in [4.69, 9.17) is 0 Å². The maximum absolute atomic E-state index is 11.4. The first-order valence-electron chi connectivity index (χ1n) is 4.42. The number of hydrogen-bond donors (Lipinski definition) is 0. The number of hydrogen-bond acceptors (Lipinski definition) is 1. The Labute approximate surface area is 79.1 Å². The summed E-state index contributed by atoms with van der Waals surface area (Å²) < 4.78 is 0. The van der Waals surface area contributed by atoms with Gasteiger partial charge in [-0.3, -0.25) is 4.79 Å². The van der Waals surface area contributed by atoms with E-state index in [1.54, 1.807) is 0 Å². The third kappa shape index (κ3) is 2.05. The van der Waals surface area contributed by atoms with Crippen LogP contribution in [0.2, 0.25) is 0 Å². The molecule has 0 aromatic heterocycles. The molecule has 13 heavy (non-hydrogen) atoms. The maximum Gasteiger partial charge on any atom is 0.185 e. The predicted octanol–water partition coefficient (Wildman–Crippen LogP) is 3.18. The van der Waals surface area contributed by atoms with Crippen LogP contribution in [-0.4, -0.2) is 5.78 Å². The number of benzene rings is 1. The molecule has 0 aliphatic carbocycles. The molecular formula is C12H14O. The first-order valence-corrected chi connectivity index (χ1v) is 4.42. The highest BCUT2D eigenvalue weighted by Gasteiger charge is 2.09. The second-order valence-corrected chi connectivity index (χ2v) is 3.31. The fraction of sp³-hybridized carbons (Fsp3) is 0.250. The zero-order valence-electron chi connectivity index (χ0n) is 8.08. The SMILES string of the molecule is C=CC(=O)c1ccccc1C(C)C. The Balaban J connectivity index is 3.19. The minimum Gasteiger partial charge on any atom is -0.289 e. The smallest absolute Gasteiger partial charge is 0.185 e. The lowest BCUT2D eigenvalue weighted by Gasteiger charge is -2.09. The number of carbonyl (C=O) groups is 1. The molecule has 0 unspecified atom stereocenters. The highest BCUT2D eigenvalue weighted by molar-refractivity contribution is 6.05. The van der Waals surface area contributed by atoms with Crippen LogP contribution in [0.4, 0.5) is 0 Å². The molecule has 0 radical (unpaired) electrons. The van der Waals surface area contributed by atoms with Gasteiger partial charge in [0.15, 0.2) is 5.78 Å². The van der Waals surface area contributed by atoms with E-state index in [2.05, 4.69) is 20.4 Å². The van der Waals surface area contributed by atoms with Crippen LogP contribution in [0.5, 0.6) is 0 Å². The summed E-state index contributed by atoms with van der Waals surface area (Å²) in [6.07, 6.45) is 1.36. The van der Waals surface area contributed by atoms with Gasteiger partial charge in [-0.15, -0.1) is 0 Å². The van der Waals surface area contributed by atoms with Gasteiger partial charge < -0.3 is 0 Å². The molecule has 0 heterocycles. The van der Waals surface area contributed by atoms with Crippen LogP contribution in [0.25, 0.3) is 0 Å². The second kappa shape index (κ2) is 4.04. The lowest BCUT2D eigenvalue weighted by molar-refractivity contribution is 0.104. The minimum atomic E-state index is 0.00398. The van der Waals surface area contributed by atoms with E-state index in [0.717, 1.165) is 11.1 Å². The lowest BCUT2D eigenvalue weighted by atomic mass is 9.95. The topological polar surface area (TPSA) is 17.1 Å². The third-order valence-corrected chi connectivity index (χ3v) is 2.03. The highest BCUT2D eigenvalue weighted by Crippen LogP contribution is 2.19. The van der Waals surface area contributed by atoms with Crippen LogP contribution in [0.1, 0.15) is 35.7 Å². The molecule has 0 amide bonds. The van der Waals surface area contributed by atoms with Crippen molar-refractivity contribution in [1.82, 2.24) is 0 Å². The van der Waals surface area contributed by atoms with Gasteiger partial charge in [-0.2, -0.15) is 0 Å². The molecule has 1 aromatic rings. The van der Waals surface area contributed by atoms with E-state index in [0.29, 0.717) is 5.92 Å². The first-order chi connectivity index (χ1) is 6.16. The van der Waals surface area contributed by atoms with Crippen LogP contribution in [-0.2, 0) is 0 Å². The molecule has 0 spiro atoms. The molecule has 0 atom stereocenters. The predicted molar refractivity (Wildman–Crippen MR) is 55.1 cm³/mol. The molecule has 1 rings (SSSR count). The minimum absolute atomic E-state index is 0.00398. The zero-order valence-corrected chi connectivity index (χ0v) is 8.08. The first kappa shape index (κ1) is 9.72. The van der Waals surface area contributed by atoms with Gasteiger partial charge in [-0.1, -0.05) is 44.7 Å². The van der Waals surface area contributed by atoms with Crippen molar-refractivity contribution in [1.29, 1.82) is 0 Å². The van der Waals surface area contributed by atoms with Crippen molar-refractivity contribution in [2.75, 3.05) is 0 Å². The summed E-state index contributed by atoms with van der Waals surface area (Å²) in [4.78, 5) is 11.4. The molecule has 0 bridgehead atoms. The summed E-state index contributed by atoms with van der Waals surface area (Å²) in [5.74, 6) is 0.379. The summed E-state index contributed by atoms with van der Waals surface area (Å²) in [6, 6.07) is 7.67. The maximum atomic E-state index is 11.4. The quantitative estimate of drug-likeness (QED) is 0.508. The molecule has 68 valence electrons. The summed E-state index contributed by atoms with van der Waals surface area (Å²) in [5.41, 5.74) is 1.86. The van der Waals surface area contributed by atoms with Gasteiger partial charge in [0.2, 0.25) is 0 Å². The molecular weight excluding hydrogens is 160 g/mol. The summed E-state index contributed by atoms with van der Waals surface area (Å²) in [6.45, 7) is 7.65. The van der Waals surface area contributed by atoms with Crippen molar-refractivity contribution in [3.05, 3.63) is 48.0 Å². The summed E-state index contributed by atoms with van der Waals surface area (Å²) in [7, 11) is 0. The van der Waals surface area contributed by atoms with Crippen molar-refractivity contribution < 1.29 is 4.79 Å². The average Bonchev–Trinajstić information content (AvgIpc) is 2.16. The Morgan fingerprint density at radius 2 is 2.00 bits per heavy atom. The number of carbonyl (C=O) groups excluding carboxylic acids is 1. The second-order valence-electron chi connectivity index (χ2n) is 3.31. The van der Waals surface area contributed by atoms with Gasteiger partial charge in [0.1, 0.15) is 0 Å². The molecule has 1 nitrogen and oxygen atoms in total. The van der Waals surface area contributed by atoms with E-state index >= 15 is 0 Å². The van der Waals surface area contributed by atoms with E-state index in [1.807, 2.05) is 24.3 Å². The average molecular weight is 174 g/mol. The van der Waals surface area contributed by atoms with Crippen molar-refractivity contribution in [2.24, 2.45) is 0 Å². The number of allylic oxidation sites excluding steroid dienone is 1. The summed E-state index contributed by atoms with van der Waals surface area (Å²) in [5, 5.41) is 0. The number of rotatable bonds is 3. The molecule has 0 aliphatic heterocycles. The Morgan fingerprint density at radius 3 is 2.54 bits per heavy atom. The molecule has 0 fully saturated rings. The van der Waals surface area contributed by atoms with E-state index in [1.165, 1.54) is 6.08 Å². The molecule has 0 N–H and O–H groups in total. The van der Waals surface area contributed by atoms with E-state index in [9.17, 15) is 4.79 Å². The fourth-order valence-corrected chi connectivity index (χ4v) is 1.33. The summed E-state index contributed by atoms with van der Waals surface area (Å²) >= 11 is 0. The van der Waals surface area contributed by atoms with Crippen molar-refractivity contribution >= 4 is 5.78 Å². The molecule has 0 aliphatic rings. The highest BCUT2D eigenvalue weighted by atomic mass is 16.1. The monoisotopic (exact) mass is 174 g/mol. The molecule has 0 saturated carbocycles. The van der Waals surface area contributed by atoms with Crippen molar-refractivity contribution in [2.45, 2.75) is 19.8 Å². The molecule has 1 aromatic carbocycles. The molecule has 0 saturated heterocycles. The standard InChI is InChI=1S/C12H14O/c1-4-12(13)11-8-6-5-7-10(11)9(2)3/h4-9H,1H2,2-3H3. The van der Waals surface area contributed by atoms with Gasteiger partial charge in [0, 0.05) is 5.56 Å². The van der Waals surface area contributed by atoms with Crippen molar-refractivity contribution in [3.8, 4) is 0 Å². The van der Waals surface area contributed by atoms with Gasteiger partial charge >= 0.3 is 0 Å². The number of ketones is 1. The van der Waals surface area contributed by atoms with Crippen LogP contribution in [0.3, 0.4) is 0 Å². The third-order valence-electron chi connectivity index (χ3n) is 2.03. The van der Waals surface area contributed by atoms with E-state index < -0.39 is 0 Å².